The van der Waals surface area contributed by atoms with Crippen LogP contribution in [0.25, 0.3) is 0 Å². The normalized spacial score (nSPS) is 30.0. The van der Waals surface area contributed by atoms with Crippen LogP contribution in [0.2, 0.25) is 0 Å². The van der Waals surface area contributed by atoms with Crippen molar-refractivity contribution >= 4 is 0 Å². The standard InChI is InChI=1S/C10H21N3/c1-12-5-2-6-13(8-7-12)10(9-11)3-4-10/h2-9,11H2,1H3. The maximum Gasteiger partial charge on any atom is 0.0333 e. The van der Waals surface area contributed by atoms with E-state index in [2.05, 4.69) is 16.8 Å². The van der Waals surface area contributed by atoms with Gasteiger partial charge in [-0.25, -0.2) is 0 Å². The van der Waals surface area contributed by atoms with Crippen molar-refractivity contribution < 1.29 is 0 Å². The van der Waals surface area contributed by atoms with E-state index < -0.39 is 0 Å². The lowest BCUT2D eigenvalue weighted by Gasteiger charge is -2.29. The Morgan fingerprint density at radius 1 is 1.15 bits per heavy atom. The summed E-state index contributed by atoms with van der Waals surface area (Å²) in [5, 5.41) is 0. The molecule has 0 amide bonds. The number of nitrogens with zero attached hydrogens (tertiary/aromatic N) is 2. The lowest BCUT2D eigenvalue weighted by atomic mass is 10.2. The third kappa shape index (κ3) is 1.87. The molecular weight excluding hydrogens is 162 g/mol. The van der Waals surface area contributed by atoms with E-state index in [9.17, 15) is 0 Å². The van der Waals surface area contributed by atoms with E-state index in [0.717, 1.165) is 6.54 Å². The van der Waals surface area contributed by atoms with Crippen LogP contribution in [-0.2, 0) is 0 Å². The average Bonchev–Trinajstić information content (AvgIpc) is 2.89. The van der Waals surface area contributed by atoms with Gasteiger partial charge in [-0.3, -0.25) is 4.90 Å². The Morgan fingerprint density at radius 3 is 2.54 bits per heavy atom. The molecule has 13 heavy (non-hydrogen) atoms. The van der Waals surface area contributed by atoms with Crippen molar-refractivity contribution in [1.29, 1.82) is 0 Å². The Hall–Kier alpha value is -0.120. The zero-order valence-electron chi connectivity index (χ0n) is 8.63. The molecule has 0 atom stereocenters. The van der Waals surface area contributed by atoms with Gasteiger partial charge in [0.1, 0.15) is 0 Å². The molecule has 2 N–H and O–H groups in total. The van der Waals surface area contributed by atoms with E-state index >= 15 is 0 Å². The topological polar surface area (TPSA) is 32.5 Å². The minimum atomic E-state index is 0.422. The fraction of sp³-hybridized carbons (Fsp3) is 1.00. The Bertz CT molecular complexity index is 177. The number of hydrogen-bond donors (Lipinski definition) is 1. The van der Waals surface area contributed by atoms with Crippen molar-refractivity contribution in [2.24, 2.45) is 5.73 Å². The summed E-state index contributed by atoms with van der Waals surface area (Å²) in [6.07, 6.45) is 3.96. The van der Waals surface area contributed by atoms with Crippen LogP contribution in [0, 0.1) is 0 Å². The number of rotatable bonds is 2. The second-order valence-electron chi connectivity index (χ2n) is 4.57. The van der Waals surface area contributed by atoms with Crippen LogP contribution in [-0.4, -0.2) is 55.1 Å². The van der Waals surface area contributed by atoms with Gasteiger partial charge in [-0.1, -0.05) is 0 Å². The largest absolute Gasteiger partial charge is 0.329 e. The van der Waals surface area contributed by atoms with Crippen molar-refractivity contribution in [1.82, 2.24) is 9.80 Å². The highest BCUT2D eigenvalue weighted by molar-refractivity contribution is 5.05. The van der Waals surface area contributed by atoms with Gasteiger partial charge in [-0.05, 0) is 32.9 Å². The average molecular weight is 183 g/mol. The van der Waals surface area contributed by atoms with E-state index in [-0.39, 0.29) is 0 Å². The fourth-order valence-electron chi connectivity index (χ4n) is 2.31. The van der Waals surface area contributed by atoms with E-state index in [1.165, 1.54) is 45.4 Å². The molecule has 3 nitrogen and oxygen atoms in total. The summed E-state index contributed by atoms with van der Waals surface area (Å²) >= 11 is 0. The summed E-state index contributed by atoms with van der Waals surface area (Å²) < 4.78 is 0. The van der Waals surface area contributed by atoms with E-state index in [0.29, 0.717) is 5.54 Å². The Morgan fingerprint density at radius 2 is 1.92 bits per heavy atom. The quantitative estimate of drug-likeness (QED) is 0.660. The van der Waals surface area contributed by atoms with E-state index in [4.69, 9.17) is 5.73 Å². The SMILES string of the molecule is CN1CCCN(C2(CN)CC2)CC1. The highest BCUT2D eigenvalue weighted by Crippen LogP contribution is 2.40. The molecule has 0 aromatic carbocycles. The smallest absolute Gasteiger partial charge is 0.0333 e. The van der Waals surface area contributed by atoms with Crippen LogP contribution in [0.5, 0.6) is 0 Å². The third-order valence-electron chi connectivity index (χ3n) is 3.60. The van der Waals surface area contributed by atoms with Gasteiger partial charge < -0.3 is 10.6 Å². The molecule has 0 aromatic heterocycles. The number of hydrogen-bond acceptors (Lipinski definition) is 3. The molecule has 2 rings (SSSR count). The predicted octanol–water partition coefficient (Wildman–Crippen LogP) is 0.115. The molecule has 0 unspecified atom stereocenters. The van der Waals surface area contributed by atoms with Gasteiger partial charge in [0.05, 0.1) is 0 Å². The zero-order valence-corrected chi connectivity index (χ0v) is 8.63. The minimum absolute atomic E-state index is 0.422. The van der Waals surface area contributed by atoms with Crippen molar-refractivity contribution in [3.8, 4) is 0 Å². The van der Waals surface area contributed by atoms with Gasteiger partial charge in [0.25, 0.3) is 0 Å². The van der Waals surface area contributed by atoms with Gasteiger partial charge in [0.2, 0.25) is 0 Å². The van der Waals surface area contributed by atoms with Crippen LogP contribution in [0.1, 0.15) is 19.3 Å². The molecule has 1 saturated heterocycles. The van der Waals surface area contributed by atoms with Gasteiger partial charge in [0.15, 0.2) is 0 Å². The lowest BCUT2D eigenvalue weighted by molar-refractivity contribution is 0.188. The summed E-state index contributed by atoms with van der Waals surface area (Å²) in [5.74, 6) is 0. The fourth-order valence-corrected chi connectivity index (χ4v) is 2.31. The molecule has 76 valence electrons. The summed E-state index contributed by atoms with van der Waals surface area (Å²) in [7, 11) is 2.21. The van der Waals surface area contributed by atoms with Gasteiger partial charge in [-0.2, -0.15) is 0 Å². The van der Waals surface area contributed by atoms with E-state index in [1.807, 2.05) is 0 Å². The first-order chi connectivity index (χ1) is 6.27. The molecule has 1 aliphatic carbocycles. The molecule has 0 aromatic rings. The van der Waals surface area contributed by atoms with Gasteiger partial charge in [0, 0.05) is 31.7 Å². The first kappa shape index (κ1) is 9.44. The highest BCUT2D eigenvalue weighted by atomic mass is 15.3. The Kier molecular flexibility index (Phi) is 2.58. The summed E-state index contributed by atoms with van der Waals surface area (Å²) in [4.78, 5) is 5.04. The lowest BCUT2D eigenvalue weighted by Crippen LogP contribution is -2.44. The Balaban J connectivity index is 1.92. The monoisotopic (exact) mass is 183 g/mol. The van der Waals surface area contributed by atoms with E-state index in [1.54, 1.807) is 0 Å². The van der Waals surface area contributed by atoms with Crippen LogP contribution >= 0.6 is 0 Å². The third-order valence-corrected chi connectivity index (χ3v) is 3.60. The summed E-state index contributed by atoms with van der Waals surface area (Å²) in [6, 6.07) is 0. The molecule has 1 heterocycles. The first-order valence-corrected chi connectivity index (χ1v) is 5.40. The van der Waals surface area contributed by atoms with Crippen molar-refractivity contribution in [2.75, 3.05) is 39.8 Å². The molecule has 3 heteroatoms. The first-order valence-electron chi connectivity index (χ1n) is 5.40. The molecule has 2 aliphatic rings. The molecular formula is C10H21N3. The maximum absolute atomic E-state index is 5.83. The van der Waals surface area contributed by atoms with Crippen LogP contribution in [0.15, 0.2) is 0 Å². The Labute approximate surface area is 80.9 Å². The number of nitrogens with two attached hydrogens (primary N) is 1. The molecule has 1 aliphatic heterocycles. The molecule has 0 spiro atoms. The molecule has 0 radical (unpaired) electrons. The van der Waals surface area contributed by atoms with Gasteiger partial charge >= 0.3 is 0 Å². The highest BCUT2D eigenvalue weighted by Gasteiger charge is 2.46. The van der Waals surface area contributed by atoms with Crippen LogP contribution < -0.4 is 5.73 Å². The van der Waals surface area contributed by atoms with Crippen LogP contribution in [0.3, 0.4) is 0 Å². The number of likely N-dealkylation sites (N-methyl/N-ethyl adjacent to an activating group) is 1. The van der Waals surface area contributed by atoms with Crippen molar-refractivity contribution in [3.05, 3.63) is 0 Å². The van der Waals surface area contributed by atoms with Gasteiger partial charge in [-0.15, -0.1) is 0 Å². The molecule has 1 saturated carbocycles. The minimum Gasteiger partial charge on any atom is -0.329 e. The van der Waals surface area contributed by atoms with Crippen molar-refractivity contribution in [3.63, 3.8) is 0 Å². The summed E-state index contributed by atoms with van der Waals surface area (Å²) in [5.41, 5.74) is 6.25. The second-order valence-corrected chi connectivity index (χ2v) is 4.57. The van der Waals surface area contributed by atoms with Crippen molar-refractivity contribution in [2.45, 2.75) is 24.8 Å². The summed E-state index contributed by atoms with van der Waals surface area (Å²) in [6.45, 7) is 5.78. The molecule has 2 fully saturated rings. The van der Waals surface area contributed by atoms with Crippen LogP contribution in [0.4, 0.5) is 0 Å². The molecule has 0 bridgehead atoms. The second kappa shape index (κ2) is 3.56. The zero-order chi connectivity index (χ0) is 9.31. The predicted molar refractivity (Wildman–Crippen MR) is 54.7 cm³/mol. The maximum atomic E-state index is 5.83.